The Morgan fingerprint density at radius 3 is 2.25 bits per heavy atom. The first-order chi connectivity index (χ1) is 23.8. The minimum atomic E-state index is -4.46. The molecule has 11 atom stereocenters. The maximum atomic E-state index is 15.4. The smallest absolute Gasteiger partial charge is 0.264 e. The molecule has 0 aliphatic heterocycles. The van der Waals surface area contributed by atoms with E-state index in [1.54, 1.807) is 0 Å². The van der Waals surface area contributed by atoms with Crippen LogP contribution >= 0.6 is 10.7 Å². The Kier molecular flexibility index (Phi) is 10.8. The average molecular weight is 776 g/mol. The molecule has 4 fully saturated rings. The van der Waals surface area contributed by atoms with Gasteiger partial charge in [-0.15, -0.1) is 0 Å². The van der Waals surface area contributed by atoms with E-state index >= 15 is 4.39 Å². The quantitative estimate of drug-likeness (QED) is 0.186. The molecule has 4 aliphatic carbocycles. The van der Waals surface area contributed by atoms with E-state index in [0.29, 0.717) is 24.5 Å². The van der Waals surface area contributed by atoms with Crippen LogP contribution in [0.1, 0.15) is 91.0 Å². The summed E-state index contributed by atoms with van der Waals surface area (Å²) >= 11 is 0. The Morgan fingerprint density at radius 1 is 0.902 bits per heavy atom. The van der Waals surface area contributed by atoms with Gasteiger partial charge >= 0.3 is 0 Å². The van der Waals surface area contributed by atoms with Crippen LogP contribution in [-0.4, -0.2) is 34.6 Å². The highest BCUT2D eigenvalue weighted by Crippen LogP contribution is 2.70. The molecule has 6 rings (SSSR count). The molecular formula is C38H50ClF4NO5S2. The minimum Gasteiger partial charge on any atom is -0.393 e. The fourth-order valence-electron chi connectivity index (χ4n) is 12.0. The molecule has 1 unspecified atom stereocenters. The SMILES string of the molecule is CC[C@H]1[C@@H](O)[C@@H]2[C@H](CC[C@]3(C)[C@@H]([C@H](C)CCNS(=O)(=O)c4cc(F)ccc4F)CC[C@@H]23)[C@@]2(C)CC(Cc3cc(F)cc(S(=O)(=O)Cl)c3F)CC[C@@H]12. The van der Waals surface area contributed by atoms with Crippen molar-refractivity contribution in [3.8, 4) is 0 Å². The largest absolute Gasteiger partial charge is 0.393 e. The van der Waals surface area contributed by atoms with Gasteiger partial charge in [-0.3, -0.25) is 0 Å². The second kappa shape index (κ2) is 14.2. The fourth-order valence-corrected chi connectivity index (χ4v) is 14.1. The topological polar surface area (TPSA) is 101 Å². The first kappa shape index (κ1) is 39.0. The number of nitrogens with one attached hydrogen (secondary N) is 1. The number of aliphatic hydroxyl groups excluding tert-OH is 1. The van der Waals surface area contributed by atoms with Crippen molar-refractivity contribution in [3.63, 3.8) is 0 Å². The molecule has 0 spiro atoms. The zero-order valence-electron chi connectivity index (χ0n) is 29.6. The van der Waals surface area contributed by atoms with E-state index in [-0.39, 0.29) is 70.8 Å². The van der Waals surface area contributed by atoms with E-state index in [1.807, 2.05) is 0 Å². The van der Waals surface area contributed by atoms with Gasteiger partial charge in [0.15, 0.2) is 0 Å². The van der Waals surface area contributed by atoms with Crippen LogP contribution in [0.3, 0.4) is 0 Å². The number of halogens is 5. The van der Waals surface area contributed by atoms with Gasteiger partial charge in [0.05, 0.1) is 6.10 Å². The van der Waals surface area contributed by atoms with E-state index in [1.165, 1.54) is 0 Å². The highest BCUT2D eigenvalue weighted by atomic mass is 35.7. The summed E-state index contributed by atoms with van der Waals surface area (Å²) in [5, 5.41) is 12.2. The van der Waals surface area contributed by atoms with Crippen LogP contribution < -0.4 is 4.72 Å². The summed E-state index contributed by atoms with van der Waals surface area (Å²) in [5.74, 6) is -2.27. The maximum absolute atomic E-state index is 15.4. The predicted molar refractivity (Wildman–Crippen MR) is 188 cm³/mol. The number of sulfonamides is 1. The predicted octanol–water partition coefficient (Wildman–Crippen LogP) is 8.60. The lowest BCUT2D eigenvalue weighted by atomic mass is 9.40. The van der Waals surface area contributed by atoms with Gasteiger partial charge in [0.2, 0.25) is 10.0 Å². The van der Waals surface area contributed by atoms with Gasteiger partial charge in [-0.05, 0) is 152 Å². The first-order valence-electron chi connectivity index (χ1n) is 18.4. The third-order valence-corrected chi connectivity index (χ3v) is 16.9. The molecule has 51 heavy (non-hydrogen) atoms. The zero-order chi connectivity index (χ0) is 37.3. The fraction of sp³-hybridized carbons (Fsp3) is 0.684. The van der Waals surface area contributed by atoms with E-state index in [4.69, 9.17) is 10.7 Å². The summed E-state index contributed by atoms with van der Waals surface area (Å²) in [6.45, 7) is 9.01. The molecule has 0 bridgehead atoms. The van der Waals surface area contributed by atoms with Crippen LogP contribution in [-0.2, 0) is 25.5 Å². The molecule has 0 heterocycles. The van der Waals surface area contributed by atoms with Crippen LogP contribution in [0.5, 0.6) is 0 Å². The molecule has 13 heteroatoms. The van der Waals surface area contributed by atoms with Gasteiger partial charge in [0.1, 0.15) is 33.1 Å². The van der Waals surface area contributed by atoms with Crippen molar-refractivity contribution in [2.24, 2.45) is 58.2 Å². The van der Waals surface area contributed by atoms with Crippen molar-refractivity contribution >= 4 is 29.8 Å². The van der Waals surface area contributed by atoms with Crippen molar-refractivity contribution in [3.05, 3.63) is 59.2 Å². The molecule has 0 amide bonds. The molecule has 4 saturated carbocycles. The third kappa shape index (κ3) is 7.03. The van der Waals surface area contributed by atoms with Gasteiger partial charge in [-0.2, -0.15) is 0 Å². The van der Waals surface area contributed by atoms with Crippen LogP contribution in [0.4, 0.5) is 17.6 Å². The maximum Gasteiger partial charge on any atom is 0.264 e. The first-order valence-corrected chi connectivity index (χ1v) is 22.2. The van der Waals surface area contributed by atoms with Crippen LogP contribution in [0.2, 0.25) is 0 Å². The molecule has 0 saturated heterocycles. The Morgan fingerprint density at radius 2 is 1.57 bits per heavy atom. The van der Waals surface area contributed by atoms with Gasteiger partial charge in [0, 0.05) is 17.2 Å². The van der Waals surface area contributed by atoms with E-state index in [0.717, 1.165) is 69.6 Å². The zero-order valence-corrected chi connectivity index (χ0v) is 32.0. The van der Waals surface area contributed by atoms with E-state index in [2.05, 4.69) is 32.4 Å². The van der Waals surface area contributed by atoms with Gasteiger partial charge in [0.25, 0.3) is 9.05 Å². The molecule has 6 nitrogen and oxygen atoms in total. The third-order valence-electron chi connectivity index (χ3n) is 14.1. The number of aliphatic hydroxyl groups is 1. The number of hydrogen-bond acceptors (Lipinski definition) is 5. The van der Waals surface area contributed by atoms with Crippen molar-refractivity contribution in [1.29, 1.82) is 0 Å². The highest BCUT2D eigenvalue weighted by molar-refractivity contribution is 8.13. The summed E-state index contributed by atoms with van der Waals surface area (Å²) in [5.41, 5.74) is -0.194. The molecule has 0 aromatic heterocycles. The number of rotatable bonds is 10. The number of fused-ring (bicyclic) bond motifs is 5. The molecule has 284 valence electrons. The van der Waals surface area contributed by atoms with Gasteiger partial charge in [-0.25, -0.2) is 39.1 Å². The monoisotopic (exact) mass is 775 g/mol. The van der Waals surface area contributed by atoms with Crippen molar-refractivity contribution in [2.75, 3.05) is 6.54 Å². The average Bonchev–Trinajstić information content (AvgIpc) is 3.40. The molecular weight excluding hydrogens is 726 g/mol. The minimum absolute atomic E-state index is 0.0103. The number of benzene rings is 2. The summed E-state index contributed by atoms with van der Waals surface area (Å²) in [6, 6.07) is 4.07. The van der Waals surface area contributed by atoms with Crippen LogP contribution in [0.15, 0.2) is 40.1 Å². The van der Waals surface area contributed by atoms with Crippen molar-refractivity contribution < 1.29 is 39.5 Å². The number of hydrogen-bond donors (Lipinski definition) is 2. The van der Waals surface area contributed by atoms with E-state index < -0.39 is 58.2 Å². The molecule has 0 radical (unpaired) electrons. The normalized spacial score (nSPS) is 35.9. The molecule has 4 aliphatic rings. The second-order valence-corrected chi connectivity index (χ2v) is 20.9. The summed E-state index contributed by atoms with van der Waals surface area (Å²) < 4.78 is 110. The lowest BCUT2D eigenvalue weighted by Crippen LogP contribution is -2.62. The Labute approximate surface area is 304 Å². The molecule has 2 aromatic carbocycles. The van der Waals surface area contributed by atoms with Crippen molar-refractivity contribution in [2.45, 2.75) is 108 Å². The standard InChI is InChI=1S/C38H50ClF4NO5S2/c1-5-26-28-8-6-22(16-23-17-25(41)19-33(35(23)43)50(39,46)47)20-38(28,4)30-12-14-37(3)27(9-10-29(37)34(30)36(26)45)21(2)13-15-44-51(48,49)32-18-24(40)7-11-31(32)42/h7,11,17-19,21-22,26-30,34,36,44-45H,5-6,8-10,12-16,20H2,1-4H3/t21-,22?,26-,27-,28+,29+,30+,34+,36-,37-,38+/m1/s1. The Hall–Kier alpha value is -1.73. The Bertz CT molecular complexity index is 1860. The summed E-state index contributed by atoms with van der Waals surface area (Å²) in [7, 11) is -3.25. The van der Waals surface area contributed by atoms with Crippen molar-refractivity contribution in [1.82, 2.24) is 4.72 Å². The van der Waals surface area contributed by atoms with E-state index in [9.17, 15) is 35.1 Å². The Balaban J connectivity index is 1.19. The molecule has 2 aromatic rings. The molecule has 2 N–H and O–H groups in total. The lowest BCUT2D eigenvalue weighted by Gasteiger charge is -2.65. The van der Waals surface area contributed by atoms with Crippen LogP contribution in [0, 0.1) is 81.4 Å². The van der Waals surface area contributed by atoms with Gasteiger partial charge < -0.3 is 5.11 Å². The summed E-state index contributed by atoms with van der Waals surface area (Å²) in [6.07, 6.45) is 7.30. The van der Waals surface area contributed by atoms with Crippen LogP contribution in [0.25, 0.3) is 0 Å². The lowest BCUT2D eigenvalue weighted by molar-refractivity contribution is -0.199. The van der Waals surface area contributed by atoms with Gasteiger partial charge in [-0.1, -0.05) is 34.1 Å². The second-order valence-electron chi connectivity index (χ2n) is 16.6. The highest BCUT2D eigenvalue weighted by Gasteiger charge is 2.65. The summed E-state index contributed by atoms with van der Waals surface area (Å²) in [4.78, 5) is -1.54.